The van der Waals surface area contributed by atoms with Crippen LogP contribution in [-0.4, -0.2) is 53.1 Å². The molecule has 0 fully saturated rings. The molecule has 0 aliphatic rings. The van der Waals surface area contributed by atoms with Crippen LogP contribution in [0.2, 0.25) is 0 Å². The molecule has 0 heterocycles. The van der Waals surface area contributed by atoms with E-state index in [1.54, 1.807) is 0 Å². The zero-order chi connectivity index (χ0) is 32.6. The summed E-state index contributed by atoms with van der Waals surface area (Å²) in [5.74, 6) is -41.1. The van der Waals surface area contributed by atoms with Crippen LogP contribution >= 0.6 is 11.8 Å². The summed E-state index contributed by atoms with van der Waals surface area (Å²) in [6.07, 6.45) is 0. The molecule has 3 nitrogen and oxygen atoms in total. The van der Waals surface area contributed by atoms with E-state index in [9.17, 15) is 69.9 Å². The zero-order valence-electron chi connectivity index (χ0n) is 21.1. The summed E-state index contributed by atoms with van der Waals surface area (Å²) in [6, 6.07) is 3.23. The van der Waals surface area contributed by atoms with E-state index in [4.69, 9.17) is 4.55 Å². The minimum atomic E-state index is -8.47. The van der Waals surface area contributed by atoms with Gasteiger partial charge in [-0.05, 0) is 39.8 Å². The fourth-order valence-electron chi connectivity index (χ4n) is 3.01. The average Bonchev–Trinajstić information content (AvgIpc) is 2.70. The summed E-state index contributed by atoms with van der Waals surface area (Å²) in [4.78, 5) is -0.932. The van der Waals surface area contributed by atoms with Crippen LogP contribution in [0.25, 0.3) is 0 Å². The van der Waals surface area contributed by atoms with Crippen molar-refractivity contribution in [2.45, 2.75) is 97.4 Å². The second-order valence-corrected chi connectivity index (χ2v) is 13.3. The van der Waals surface area contributed by atoms with Crippen LogP contribution in [0.1, 0.15) is 52.7 Å². The maximum atomic E-state index is 14.7. The number of hydrogen-bond acceptors (Lipinski definition) is 3. The number of thioether (sulfide) groups is 1. The number of hydrogen-bond donors (Lipinski definition) is 1. The Kier molecular flexibility index (Phi) is 8.92. The van der Waals surface area contributed by atoms with Crippen LogP contribution in [0.4, 0.5) is 61.5 Å². The fourth-order valence-corrected chi connectivity index (χ4v) is 4.67. The SMILES string of the molecule is CC(C)(C)c1ccc(C(C)(C)C)c(SC(F)(F)C(F)(F)C(F)(F)C(F)(F)C(F)(F)C(F)(F)C(F)(F)S(=O)(=O)O)c1. The predicted octanol–water partition coefficient (Wildman–Crippen LogP) is 8.62. The second kappa shape index (κ2) is 9.77. The molecule has 0 spiro atoms. The summed E-state index contributed by atoms with van der Waals surface area (Å²) in [5, 5.41) is -14.2. The van der Waals surface area contributed by atoms with Crippen molar-refractivity contribution >= 4 is 21.9 Å². The van der Waals surface area contributed by atoms with Crippen molar-refractivity contribution in [1.29, 1.82) is 0 Å². The van der Waals surface area contributed by atoms with E-state index >= 15 is 0 Å². The third kappa shape index (κ3) is 5.49. The molecule has 234 valence electrons. The van der Waals surface area contributed by atoms with E-state index in [-0.39, 0.29) is 11.1 Å². The van der Waals surface area contributed by atoms with Crippen molar-refractivity contribution in [2.75, 3.05) is 0 Å². The molecule has 0 saturated carbocycles. The number of alkyl halides is 14. The summed E-state index contributed by atoms with van der Waals surface area (Å²) in [6.45, 7) is 8.50. The third-order valence-corrected chi connectivity index (χ3v) is 7.50. The molecule has 0 saturated heterocycles. The molecule has 1 aromatic carbocycles. The normalized spacial score (nSPS) is 15.9. The smallest absolute Gasteiger partial charge is 0.281 e. The average molecular weight is 653 g/mol. The largest absolute Gasteiger partial charge is 0.438 e. The minimum Gasteiger partial charge on any atom is -0.281 e. The van der Waals surface area contributed by atoms with Gasteiger partial charge in [-0.25, -0.2) is 0 Å². The molecular weight excluding hydrogens is 630 g/mol. The van der Waals surface area contributed by atoms with Gasteiger partial charge in [-0.15, -0.1) is 0 Å². The molecule has 0 aromatic heterocycles. The Balaban J connectivity index is 3.83. The molecule has 0 atom stereocenters. The third-order valence-electron chi connectivity index (χ3n) is 5.53. The highest BCUT2D eigenvalue weighted by Gasteiger charge is 2.94. The number of halogens is 14. The van der Waals surface area contributed by atoms with Gasteiger partial charge in [-0.2, -0.15) is 69.9 Å². The topological polar surface area (TPSA) is 54.4 Å². The van der Waals surface area contributed by atoms with Crippen molar-refractivity contribution in [1.82, 2.24) is 0 Å². The van der Waals surface area contributed by atoms with Crippen LogP contribution in [0.15, 0.2) is 23.1 Å². The predicted molar refractivity (Wildman–Crippen MR) is 116 cm³/mol. The zero-order valence-corrected chi connectivity index (χ0v) is 22.7. The first-order valence-electron chi connectivity index (χ1n) is 10.5. The Morgan fingerprint density at radius 3 is 1.32 bits per heavy atom. The molecule has 0 aliphatic carbocycles. The molecule has 1 rings (SSSR count). The van der Waals surface area contributed by atoms with E-state index in [0.29, 0.717) is 0 Å². The Labute approximate surface area is 223 Å². The number of rotatable bonds is 9. The van der Waals surface area contributed by atoms with Crippen LogP contribution in [0, 0.1) is 0 Å². The molecular formula is C21H22F14O3S2. The quantitative estimate of drug-likeness (QED) is 0.165. The van der Waals surface area contributed by atoms with Gasteiger partial charge in [-0.1, -0.05) is 53.7 Å². The Morgan fingerprint density at radius 2 is 0.975 bits per heavy atom. The van der Waals surface area contributed by atoms with E-state index in [1.807, 2.05) is 0 Å². The van der Waals surface area contributed by atoms with Crippen molar-refractivity contribution in [3.8, 4) is 0 Å². The summed E-state index contributed by atoms with van der Waals surface area (Å²) in [5.41, 5.74) is -2.22. The van der Waals surface area contributed by atoms with Gasteiger partial charge in [-0.3, -0.25) is 4.55 Å². The Bertz CT molecular complexity index is 1210. The molecule has 1 aromatic rings. The van der Waals surface area contributed by atoms with Crippen LogP contribution in [0.3, 0.4) is 0 Å². The van der Waals surface area contributed by atoms with Gasteiger partial charge in [0.2, 0.25) is 0 Å². The first-order valence-corrected chi connectivity index (χ1v) is 12.8. The van der Waals surface area contributed by atoms with Gasteiger partial charge in [0.1, 0.15) is 0 Å². The van der Waals surface area contributed by atoms with Gasteiger partial charge in [0.05, 0.1) is 0 Å². The van der Waals surface area contributed by atoms with Crippen LogP contribution < -0.4 is 0 Å². The van der Waals surface area contributed by atoms with Crippen LogP contribution in [0.5, 0.6) is 0 Å². The van der Waals surface area contributed by atoms with Crippen molar-refractivity contribution in [2.24, 2.45) is 0 Å². The van der Waals surface area contributed by atoms with Gasteiger partial charge >= 0.3 is 50.2 Å². The summed E-state index contributed by atoms with van der Waals surface area (Å²) >= 11 is -1.51. The van der Waals surface area contributed by atoms with Gasteiger partial charge in [0, 0.05) is 4.90 Å². The maximum absolute atomic E-state index is 14.7. The van der Waals surface area contributed by atoms with E-state index in [2.05, 4.69) is 0 Å². The minimum absolute atomic E-state index is 0.123. The van der Waals surface area contributed by atoms with E-state index in [1.165, 1.54) is 47.6 Å². The van der Waals surface area contributed by atoms with Crippen molar-refractivity contribution in [3.05, 3.63) is 29.3 Å². The Hall–Kier alpha value is -1.50. The molecule has 40 heavy (non-hydrogen) atoms. The lowest BCUT2D eigenvalue weighted by molar-refractivity contribution is -0.428. The van der Waals surface area contributed by atoms with Crippen LogP contribution in [-0.2, 0) is 20.9 Å². The Morgan fingerprint density at radius 1 is 0.600 bits per heavy atom. The second-order valence-electron chi connectivity index (χ2n) is 10.7. The standard InChI is InChI=1S/C21H22F14O3S2/c1-13(2,3)10-7-8-11(14(4,5)6)12(9-10)39-20(32,33)18(28,29)16(24,25)15(22,23)17(26,27)19(30,31)21(34,35)40(36,37)38/h7-9H,1-6H3,(H,36,37,38). The first kappa shape index (κ1) is 36.5. The molecule has 0 radical (unpaired) electrons. The molecule has 0 amide bonds. The highest BCUT2D eigenvalue weighted by atomic mass is 32.2. The molecule has 0 unspecified atom stereocenters. The van der Waals surface area contributed by atoms with Crippen molar-refractivity contribution < 1.29 is 74.4 Å². The highest BCUT2D eigenvalue weighted by Crippen LogP contribution is 2.64. The highest BCUT2D eigenvalue weighted by molar-refractivity contribution is 8.00. The van der Waals surface area contributed by atoms with Gasteiger partial charge < -0.3 is 0 Å². The lowest BCUT2D eigenvalue weighted by Gasteiger charge is -2.42. The molecule has 19 heteroatoms. The lowest BCUT2D eigenvalue weighted by atomic mass is 9.82. The monoisotopic (exact) mass is 652 g/mol. The maximum Gasteiger partial charge on any atom is 0.438 e. The fraction of sp³-hybridized carbons (Fsp3) is 0.714. The number of benzene rings is 1. The molecule has 1 N–H and O–H groups in total. The molecule has 0 aliphatic heterocycles. The van der Waals surface area contributed by atoms with Crippen molar-refractivity contribution in [3.63, 3.8) is 0 Å². The lowest BCUT2D eigenvalue weighted by Crippen LogP contribution is -2.73. The van der Waals surface area contributed by atoms with E-state index < -0.39 is 77.7 Å². The molecule has 0 bridgehead atoms. The summed E-state index contributed by atoms with van der Waals surface area (Å²) < 4.78 is 225. The van der Waals surface area contributed by atoms with E-state index in [0.717, 1.165) is 12.1 Å². The summed E-state index contributed by atoms with van der Waals surface area (Å²) in [7, 11) is -7.77. The first-order chi connectivity index (χ1) is 17.1. The van der Waals surface area contributed by atoms with Gasteiger partial charge in [0.15, 0.2) is 0 Å². The van der Waals surface area contributed by atoms with Gasteiger partial charge in [0.25, 0.3) is 0 Å².